The zero-order valence-corrected chi connectivity index (χ0v) is 8.04. The molecule has 0 saturated heterocycles. The van der Waals surface area contributed by atoms with E-state index < -0.39 is 0 Å². The number of anilines is 1. The van der Waals surface area contributed by atoms with Gasteiger partial charge in [0.2, 0.25) is 0 Å². The topological polar surface area (TPSA) is 38.0 Å². The van der Waals surface area contributed by atoms with Crippen molar-refractivity contribution in [3.05, 3.63) is 30.1 Å². The number of benzene rings is 1. The van der Waals surface area contributed by atoms with Crippen molar-refractivity contribution < 1.29 is 4.39 Å². The molecule has 2 nitrogen and oxygen atoms in total. The van der Waals surface area contributed by atoms with Crippen molar-refractivity contribution in [2.24, 2.45) is 11.7 Å². The normalized spacial score (nSPS) is 17.9. The molecule has 2 rings (SSSR count). The van der Waals surface area contributed by atoms with Crippen LogP contribution in [0.3, 0.4) is 0 Å². The third-order valence-electron chi connectivity index (χ3n) is 2.64. The van der Waals surface area contributed by atoms with Crippen molar-refractivity contribution in [2.75, 3.05) is 11.9 Å². The zero-order chi connectivity index (χ0) is 9.97. The summed E-state index contributed by atoms with van der Waals surface area (Å²) in [7, 11) is 0. The molecular formula is C11H15FN2. The molecule has 1 aliphatic rings. The molecule has 0 heterocycles. The highest BCUT2D eigenvalue weighted by atomic mass is 19.1. The Morgan fingerprint density at radius 3 is 2.50 bits per heavy atom. The van der Waals surface area contributed by atoms with Crippen LogP contribution in [0, 0.1) is 11.7 Å². The van der Waals surface area contributed by atoms with Crippen LogP contribution in [0.4, 0.5) is 10.1 Å². The fourth-order valence-electron chi connectivity index (χ4n) is 1.63. The Hall–Kier alpha value is -1.09. The van der Waals surface area contributed by atoms with Gasteiger partial charge in [-0.05, 0) is 43.0 Å². The quantitative estimate of drug-likeness (QED) is 0.769. The van der Waals surface area contributed by atoms with Gasteiger partial charge in [-0.25, -0.2) is 4.39 Å². The van der Waals surface area contributed by atoms with Crippen LogP contribution in [0.2, 0.25) is 0 Å². The Morgan fingerprint density at radius 2 is 2.00 bits per heavy atom. The lowest BCUT2D eigenvalue weighted by molar-refractivity contribution is 0.626. The first-order valence-corrected chi connectivity index (χ1v) is 5.02. The fourth-order valence-corrected chi connectivity index (χ4v) is 1.63. The molecule has 0 aliphatic heterocycles. The lowest BCUT2D eigenvalue weighted by atomic mass is 10.1. The first-order valence-electron chi connectivity index (χ1n) is 5.02. The average Bonchev–Trinajstić information content (AvgIpc) is 3.01. The van der Waals surface area contributed by atoms with Gasteiger partial charge in [-0.1, -0.05) is 0 Å². The summed E-state index contributed by atoms with van der Waals surface area (Å²) in [6.45, 7) is 0.641. The monoisotopic (exact) mass is 194 g/mol. The maximum Gasteiger partial charge on any atom is 0.123 e. The summed E-state index contributed by atoms with van der Waals surface area (Å²) in [6, 6.07) is 6.77. The molecule has 14 heavy (non-hydrogen) atoms. The Balaban J connectivity index is 1.98. The van der Waals surface area contributed by atoms with E-state index in [-0.39, 0.29) is 5.82 Å². The molecule has 1 aromatic rings. The van der Waals surface area contributed by atoms with Crippen molar-refractivity contribution in [1.82, 2.24) is 0 Å². The zero-order valence-electron chi connectivity index (χ0n) is 8.04. The summed E-state index contributed by atoms with van der Waals surface area (Å²) in [4.78, 5) is 0. The van der Waals surface area contributed by atoms with Crippen LogP contribution in [-0.2, 0) is 0 Å². The highest BCUT2D eigenvalue weighted by Crippen LogP contribution is 2.33. The van der Waals surface area contributed by atoms with Crippen LogP contribution in [0.15, 0.2) is 24.3 Å². The number of hydrogen-bond acceptors (Lipinski definition) is 2. The van der Waals surface area contributed by atoms with E-state index in [2.05, 4.69) is 5.32 Å². The minimum absolute atomic E-state index is 0.203. The molecule has 1 atom stereocenters. The summed E-state index contributed by atoms with van der Waals surface area (Å²) in [5.41, 5.74) is 6.61. The molecule has 1 aliphatic carbocycles. The van der Waals surface area contributed by atoms with Crippen LogP contribution in [0.5, 0.6) is 0 Å². The Kier molecular flexibility index (Phi) is 2.68. The van der Waals surface area contributed by atoms with E-state index in [1.807, 2.05) is 0 Å². The molecule has 3 heteroatoms. The van der Waals surface area contributed by atoms with Crippen LogP contribution in [-0.4, -0.2) is 12.6 Å². The van der Waals surface area contributed by atoms with Gasteiger partial charge in [0.1, 0.15) is 5.82 Å². The first-order chi connectivity index (χ1) is 6.79. The van der Waals surface area contributed by atoms with E-state index in [0.717, 1.165) is 5.69 Å². The molecule has 0 amide bonds. The third kappa shape index (κ3) is 2.23. The van der Waals surface area contributed by atoms with Crippen molar-refractivity contribution >= 4 is 5.69 Å². The van der Waals surface area contributed by atoms with Crippen LogP contribution in [0.25, 0.3) is 0 Å². The second-order valence-electron chi connectivity index (χ2n) is 3.83. The molecule has 1 fully saturated rings. The van der Waals surface area contributed by atoms with Gasteiger partial charge in [-0.15, -0.1) is 0 Å². The summed E-state index contributed by atoms with van der Waals surface area (Å²) >= 11 is 0. The predicted octanol–water partition coefficient (Wildman–Crippen LogP) is 1.97. The molecular weight excluding hydrogens is 179 g/mol. The third-order valence-corrected chi connectivity index (χ3v) is 2.64. The minimum Gasteiger partial charge on any atom is -0.381 e. The smallest absolute Gasteiger partial charge is 0.123 e. The molecule has 0 aromatic heterocycles. The van der Waals surface area contributed by atoms with Crippen LogP contribution >= 0.6 is 0 Å². The maximum absolute atomic E-state index is 12.6. The summed E-state index contributed by atoms with van der Waals surface area (Å²) in [5, 5.41) is 3.33. The van der Waals surface area contributed by atoms with Gasteiger partial charge >= 0.3 is 0 Å². The number of halogens is 1. The summed E-state index contributed by atoms with van der Waals surface area (Å²) in [5.74, 6) is 0.510. The van der Waals surface area contributed by atoms with Gasteiger partial charge in [-0.3, -0.25) is 0 Å². The predicted molar refractivity (Wildman–Crippen MR) is 55.6 cm³/mol. The van der Waals surface area contributed by atoms with Gasteiger partial charge in [-0.2, -0.15) is 0 Å². The molecule has 76 valence electrons. The molecule has 1 unspecified atom stereocenters. The minimum atomic E-state index is -0.203. The first kappa shape index (κ1) is 9.46. The van der Waals surface area contributed by atoms with Gasteiger partial charge in [0.05, 0.1) is 0 Å². The van der Waals surface area contributed by atoms with E-state index >= 15 is 0 Å². The Morgan fingerprint density at radius 1 is 1.36 bits per heavy atom. The van der Waals surface area contributed by atoms with E-state index in [1.54, 1.807) is 12.1 Å². The SMILES string of the molecule is NCC(Nc1ccc(F)cc1)C1CC1. The fraction of sp³-hybridized carbons (Fsp3) is 0.455. The Bertz CT molecular complexity index is 293. The van der Waals surface area contributed by atoms with Crippen molar-refractivity contribution in [2.45, 2.75) is 18.9 Å². The molecule has 1 aromatic carbocycles. The molecule has 3 N–H and O–H groups in total. The summed E-state index contributed by atoms with van der Waals surface area (Å²) < 4.78 is 12.6. The van der Waals surface area contributed by atoms with Crippen molar-refractivity contribution in [3.8, 4) is 0 Å². The standard InChI is InChI=1S/C11H15FN2/c12-9-3-5-10(6-4-9)14-11(7-13)8-1-2-8/h3-6,8,11,14H,1-2,7,13H2. The molecule has 1 saturated carbocycles. The largest absolute Gasteiger partial charge is 0.381 e. The number of nitrogens with one attached hydrogen (secondary N) is 1. The van der Waals surface area contributed by atoms with E-state index in [9.17, 15) is 4.39 Å². The highest BCUT2D eigenvalue weighted by Gasteiger charge is 2.29. The van der Waals surface area contributed by atoms with Crippen LogP contribution in [0.1, 0.15) is 12.8 Å². The van der Waals surface area contributed by atoms with E-state index in [0.29, 0.717) is 18.5 Å². The second-order valence-corrected chi connectivity index (χ2v) is 3.83. The Labute approximate surface area is 83.3 Å². The molecule has 0 spiro atoms. The summed E-state index contributed by atoms with van der Waals surface area (Å²) in [6.07, 6.45) is 2.52. The second kappa shape index (κ2) is 3.96. The van der Waals surface area contributed by atoms with Gasteiger partial charge in [0.25, 0.3) is 0 Å². The average molecular weight is 194 g/mol. The number of nitrogens with two attached hydrogens (primary N) is 1. The van der Waals surface area contributed by atoms with Gasteiger partial charge < -0.3 is 11.1 Å². The van der Waals surface area contributed by atoms with Crippen molar-refractivity contribution in [3.63, 3.8) is 0 Å². The van der Waals surface area contributed by atoms with Gasteiger partial charge in [0.15, 0.2) is 0 Å². The number of rotatable bonds is 4. The van der Waals surface area contributed by atoms with Crippen LogP contribution < -0.4 is 11.1 Å². The maximum atomic E-state index is 12.6. The van der Waals surface area contributed by atoms with Crippen molar-refractivity contribution in [1.29, 1.82) is 0 Å². The molecule has 0 bridgehead atoms. The lowest BCUT2D eigenvalue weighted by Crippen LogP contribution is -2.30. The van der Waals surface area contributed by atoms with Gasteiger partial charge in [0, 0.05) is 18.3 Å². The lowest BCUT2D eigenvalue weighted by Gasteiger charge is -2.17. The highest BCUT2D eigenvalue weighted by molar-refractivity contribution is 5.44. The number of hydrogen-bond donors (Lipinski definition) is 2. The molecule has 0 radical (unpaired) electrons. The van der Waals surface area contributed by atoms with E-state index in [1.165, 1.54) is 25.0 Å². The van der Waals surface area contributed by atoms with E-state index in [4.69, 9.17) is 5.73 Å².